The van der Waals surface area contributed by atoms with Gasteiger partial charge in [0.15, 0.2) is 0 Å². The van der Waals surface area contributed by atoms with E-state index in [1.54, 1.807) is 11.4 Å². The van der Waals surface area contributed by atoms with Gasteiger partial charge in [0.25, 0.3) is 0 Å². The first-order valence-electron chi connectivity index (χ1n) is 12.2. The van der Waals surface area contributed by atoms with E-state index in [0.717, 1.165) is 31.0 Å². The second-order valence-electron chi connectivity index (χ2n) is 8.80. The molecule has 2 atom stereocenters. The third kappa shape index (κ3) is 7.51. The molecule has 2 unspecified atom stereocenters. The number of carbonyl (C=O) groups excluding carboxylic acids is 1. The third-order valence-corrected chi connectivity index (χ3v) is 11.4. The highest BCUT2D eigenvalue weighted by Gasteiger charge is 2.49. The molecule has 0 heterocycles. The molecule has 2 nitrogen and oxygen atoms in total. The molecule has 1 aromatic rings. The molecule has 3 rings (SSSR count). The number of hydrogen-bond acceptors (Lipinski definition) is 2. The van der Waals surface area contributed by atoms with Crippen molar-refractivity contribution in [1.29, 1.82) is 0 Å². The van der Waals surface area contributed by atoms with Crippen molar-refractivity contribution in [3.8, 4) is 0 Å². The van der Waals surface area contributed by atoms with E-state index in [9.17, 15) is 4.79 Å². The van der Waals surface area contributed by atoms with E-state index < -0.39 is 7.26 Å². The van der Waals surface area contributed by atoms with E-state index in [4.69, 9.17) is 4.74 Å². The third-order valence-electron chi connectivity index (χ3n) is 6.20. The maximum Gasteiger partial charge on any atom is 0.337 e. The van der Waals surface area contributed by atoms with Crippen molar-refractivity contribution in [1.82, 2.24) is 0 Å². The number of carbonyl (C=O) groups is 1. The highest BCUT2D eigenvalue weighted by atomic mass is 31.2. The summed E-state index contributed by atoms with van der Waals surface area (Å²) in [6.45, 7) is 13.6. The van der Waals surface area contributed by atoms with E-state index in [1.165, 1.54) is 18.0 Å². The van der Waals surface area contributed by atoms with Crippen LogP contribution in [0.1, 0.15) is 54.6 Å². The standard InChI is InChI=1S/C29H34O2P.C3H6/c1-5-6-14-24(3)32(28-17-12-9-13-18-28,27-15-10-7-8-11-16-27)22-25-19-23(2)20-26(21-25)29(30)31-4;1-3-2/h5-12,14-15,17,19-21,24H,1,13,16,18,22H2,2-4H3;3H,1H2,2H3/q+1;/b14-6-;. The van der Waals surface area contributed by atoms with Crippen molar-refractivity contribution in [2.45, 2.75) is 51.9 Å². The number of esters is 1. The van der Waals surface area contributed by atoms with E-state index in [0.29, 0.717) is 11.2 Å². The van der Waals surface area contributed by atoms with Gasteiger partial charge in [-0.05, 0) is 68.7 Å². The average molecular weight is 488 g/mol. The summed E-state index contributed by atoms with van der Waals surface area (Å²) in [5.74, 6) is -0.280. The molecule has 35 heavy (non-hydrogen) atoms. The Morgan fingerprint density at radius 2 is 1.83 bits per heavy atom. The highest BCUT2D eigenvalue weighted by molar-refractivity contribution is 7.83. The molecular formula is C32H40O2P+. The summed E-state index contributed by atoms with van der Waals surface area (Å²) in [4.78, 5) is 12.3. The minimum atomic E-state index is -1.81. The largest absolute Gasteiger partial charge is 0.465 e. The van der Waals surface area contributed by atoms with Gasteiger partial charge in [-0.2, -0.15) is 0 Å². The second kappa shape index (κ2) is 14.4. The number of allylic oxidation sites excluding steroid dienone is 14. The van der Waals surface area contributed by atoms with Crippen LogP contribution in [0.25, 0.3) is 0 Å². The number of hydrogen-bond donors (Lipinski definition) is 0. The van der Waals surface area contributed by atoms with Gasteiger partial charge in [-0.1, -0.05) is 67.3 Å². The van der Waals surface area contributed by atoms with Crippen molar-refractivity contribution in [3.63, 3.8) is 0 Å². The number of ether oxygens (including phenoxy) is 1. The van der Waals surface area contributed by atoms with Gasteiger partial charge in [0.2, 0.25) is 0 Å². The van der Waals surface area contributed by atoms with Crippen LogP contribution in [-0.4, -0.2) is 18.7 Å². The second-order valence-corrected chi connectivity index (χ2v) is 12.8. The fourth-order valence-electron chi connectivity index (χ4n) is 4.70. The Balaban J connectivity index is 0.00000137. The van der Waals surface area contributed by atoms with Crippen molar-refractivity contribution in [2.75, 3.05) is 7.11 Å². The fraction of sp³-hybridized carbons (Fsp3) is 0.281. The predicted octanol–water partition coefficient (Wildman–Crippen LogP) is 9.26. The maximum atomic E-state index is 12.3. The zero-order chi connectivity index (χ0) is 25.7. The molecular weight excluding hydrogens is 447 g/mol. The molecule has 0 saturated heterocycles. The lowest BCUT2D eigenvalue weighted by molar-refractivity contribution is 0.0600. The van der Waals surface area contributed by atoms with Crippen LogP contribution in [0.3, 0.4) is 0 Å². The van der Waals surface area contributed by atoms with Crippen LogP contribution in [0.2, 0.25) is 0 Å². The molecule has 2 aliphatic rings. The van der Waals surface area contributed by atoms with Crippen LogP contribution in [0.5, 0.6) is 0 Å². The number of benzene rings is 1. The molecule has 0 aromatic heterocycles. The van der Waals surface area contributed by atoms with Crippen LogP contribution in [0, 0.1) is 6.92 Å². The summed E-state index contributed by atoms with van der Waals surface area (Å²) < 4.78 is 5.02. The normalized spacial score (nSPS) is 17.3. The van der Waals surface area contributed by atoms with Crippen LogP contribution in [0.15, 0.2) is 115 Å². The van der Waals surface area contributed by atoms with E-state index >= 15 is 0 Å². The molecule has 0 radical (unpaired) electrons. The van der Waals surface area contributed by atoms with Gasteiger partial charge in [0.05, 0.1) is 42.4 Å². The number of aryl methyl sites for hydroxylation is 1. The maximum absolute atomic E-state index is 12.3. The summed E-state index contributed by atoms with van der Waals surface area (Å²) >= 11 is 0. The lowest BCUT2D eigenvalue weighted by atomic mass is 10.1. The fourth-order valence-corrected chi connectivity index (χ4v) is 9.63. The Kier molecular flexibility index (Phi) is 11.7. The topological polar surface area (TPSA) is 26.3 Å². The lowest BCUT2D eigenvalue weighted by Crippen LogP contribution is -2.16. The van der Waals surface area contributed by atoms with Crippen molar-refractivity contribution in [2.24, 2.45) is 0 Å². The first-order chi connectivity index (χ1) is 16.9. The Morgan fingerprint density at radius 3 is 2.49 bits per heavy atom. The molecule has 184 valence electrons. The Bertz CT molecular complexity index is 1080. The van der Waals surface area contributed by atoms with Crippen molar-refractivity contribution < 1.29 is 9.53 Å². The molecule has 2 aliphatic carbocycles. The average Bonchev–Trinajstić information content (AvgIpc) is 3.16. The lowest BCUT2D eigenvalue weighted by Gasteiger charge is -2.36. The number of methoxy groups -OCH3 is 1. The van der Waals surface area contributed by atoms with Crippen molar-refractivity contribution in [3.05, 3.63) is 132 Å². The summed E-state index contributed by atoms with van der Waals surface area (Å²) in [5.41, 5.74) is 3.27. The highest BCUT2D eigenvalue weighted by Crippen LogP contribution is 2.79. The summed E-state index contributed by atoms with van der Waals surface area (Å²) in [6, 6.07) is 6.17. The van der Waals surface area contributed by atoms with Gasteiger partial charge < -0.3 is 4.74 Å². The summed E-state index contributed by atoms with van der Waals surface area (Å²) in [7, 11) is -0.372. The molecule has 0 aliphatic heterocycles. The first kappa shape index (κ1) is 28.3. The molecule has 0 fully saturated rings. The zero-order valence-electron chi connectivity index (χ0n) is 21.7. The quantitative estimate of drug-likeness (QED) is 0.158. The predicted molar refractivity (Wildman–Crippen MR) is 155 cm³/mol. The molecule has 0 saturated carbocycles. The molecule has 1 aromatic carbocycles. The number of rotatable bonds is 8. The summed E-state index contributed by atoms with van der Waals surface area (Å²) in [6.07, 6.45) is 29.9. The monoisotopic (exact) mass is 487 g/mol. The van der Waals surface area contributed by atoms with E-state index in [2.05, 4.69) is 93.8 Å². The molecule has 0 amide bonds. The van der Waals surface area contributed by atoms with Crippen LogP contribution < -0.4 is 0 Å². The van der Waals surface area contributed by atoms with E-state index in [1.807, 2.05) is 25.1 Å². The van der Waals surface area contributed by atoms with Gasteiger partial charge in [-0.15, -0.1) is 6.58 Å². The zero-order valence-corrected chi connectivity index (χ0v) is 22.6. The summed E-state index contributed by atoms with van der Waals surface area (Å²) in [5, 5.41) is 3.06. The Morgan fingerprint density at radius 1 is 1.09 bits per heavy atom. The van der Waals surface area contributed by atoms with Gasteiger partial charge in [-0.25, -0.2) is 4.79 Å². The molecule has 3 heteroatoms. The van der Waals surface area contributed by atoms with Gasteiger partial charge in [0.1, 0.15) is 0 Å². The van der Waals surface area contributed by atoms with E-state index in [-0.39, 0.29) is 5.97 Å². The van der Waals surface area contributed by atoms with Gasteiger partial charge in [0, 0.05) is 12.8 Å². The molecule has 0 N–H and O–H groups in total. The van der Waals surface area contributed by atoms with Crippen LogP contribution in [-0.2, 0) is 10.9 Å². The van der Waals surface area contributed by atoms with Crippen molar-refractivity contribution >= 4 is 13.2 Å². The van der Waals surface area contributed by atoms with Crippen LogP contribution in [0.4, 0.5) is 0 Å². The SMILES string of the molecule is C=C/C=C\C(C)[P+](Cc1cc(C)cc(C(=O)OC)c1)(C1=CC=CC=CC1)C1=CC=CCC1.C=CC. The minimum absolute atomic E-state index is 0.280. The van der Waals surface area contributed by atoms with Gasteiger partial charge in [-0.3, -0.25) is 0 Å². The Labute approximate surface area is 213 Å². The van der Waals surface area contributed by atoms with Gasteiger partial charge >= 0.3 is 5.97 Å². The smallest absolute Gasteiger partial charge is 0.337 e. The first-order valence-corrected chi connectivity index (χ1v) is 14.3. The Hall–Kier alpha value is -2.96. The van der Waals surface area contributed by atoms with Crippen LogP contribution >= 0.6 is 7.26 Å². The molecule has 0 bridgehead atoms. The minimum Gasteiger partial charge on any atom is -0.465 e. The molecule has 0 spiro atoms.